The third-order valence-corrected chi connectivity index (χ3v) is 2.88. The van der Waals surface area contributed by atoms with Gasteiger partial charge in [0.15, 0.2) is 0 Å². The van der Waals surface area contributed by atoms with Crippen LogP contribution in [0.3, 0.4) is 0 Å². The minimum absolute atomic E-state index is 0.0933. The van der Waals surface area contributed by atoms with Gasteiger partial charge in [-0.25, -0.2) is 13.6 Å². The zero-order chi connectivity index (χ0) is 14.7. The van der Waals surface area contributed by atoms with Crippen molar-refractivity contribution >= 4 is 17.6 Å². The Labute approximate surface area is 118 Å². The molecule has 0 unspecified atom stereocenters. The Kier molecular flexibility index (Phi) is 4.20. The summed E-state index contributed by atoms with van der Waals surface area (Å²) in [6.07, 6.45) is 0. The second kappa shape index (κ2) is 5.88. The summed E-state index contributed by atoms with van der Waals surface area (Å²) in [5, 5.41) is 8.62. The average Bonchev–Trinajstić information content (AvgIpc) is 2.41. The van der Waals surface area contributed by atoms with Crippen molar-refractivity contribution in [2.45, 2.75) is 6.61 Å². The molecule has 3 nitrogen and oxygen atoms in total. The smallest absolute Gasteiger partial charge is 0.335 e. The van der Waals surface area contributed by atoms with Crippen LogP contribution in [0.2, 0.25) is 5.02 Å². The Morgan fingerprint density at radius 3 is 2.50 bits per heavy atom. The molecule has 0 aromatic heterocycles. The normalized spacial score (nSPS) is 10.3. The van der Waals surface area contributed by atoms with Crippen molar-refractivity contribution in [2.24, 2.45) is 0 Å². The van der Waals surface area contributed by atoms with E-state index in [1.807, 2.05) is 0 Å². The highest BCUT2D eigenvalue weighted by atomic mass is 35.5. The molecular weight excluding hydrogens is 290 g/mol. The SMILES string of the molecule is O=C(O)c1ccc(COc2ccc(F)c(Cl)c2)c(F)c1. The molecule has 2 aromatic carbocycles. The summed E-state index contributed by atoms with van der Waals surface area (Å²) >= 11 is 5.59. The molecule has 6 heteroatoms. The van der Waals surface area contributed by atoms with Crippen molar-refractivity contribution in [3.8, 4) is 5.75 Å². The number of carboxylic acids is 1. The molecule has 0 spiro atoms. The summed E-state index contributed by atoms with van der Waals surface area (Å²) in [6.45, 7) is -0.117. The molecule has 0 fully saturated rings. The minimum atomic E-state index is -1.21. The number of benzene rings is 2. The van der Waals surface area contributed by atoms with Gasteiger partial charge in [-0.2, -0.15) is 0 Å². The van der Waals surface area contributed by atoms with Gasteiger partial charge in [0.2, 0.25) is 0 Å². The highest BCUT2D eigenvalue weighted by Crippen LogP contribution is 2.22. The van der Waals surface area contributed by atoms with Crippen LogP contribution >= 0.6 is 11.6 Å². The molecule has 0 heterocycles. The van der Waals surface area contributed by atoms with Gasteiger partial charge in [0.25, 0.3) is 0 Å². The van der Waals surface area contributed by atoms with E-state index >= 15 is 0 Å². The van der Waals surface area contributed by atoms with Crippen LogP contribution in [-0.4, -0.2) is 11.1 Å². The standard InChI is InChI=1S/C14H9ClF2O3/c15-11-6-10(3-4-12(11)16)20-7-9-2-1-8(14(18)19)5-13(9)17/h1-6H,7H2,(H,18,19). The van der Waals surface area contributed by atoms with Crippen molar-refractivity contribution in [3.63, 3.8) is 0 Å². The van der Waals surface area contributed by atoms with Crippen molar-refractivity contribution in [1.29, 1.82) is 0 Å². The van der Waals surface area contributed by atoms with Crippen LogP contribution in [0.15, 0.2) is 36.4 Å². The second-order valence-corrected chi connectivity index (χ2v) is 4.38. The lowest BCUT2D eigenvalue weighted by molar-refractivity contribution is 0.0696. The Morgan fingerprint density at radius 1 is 1.15 bits per heavy atom. The Bertz CT molecular complexity index is 659. The van der Waals surface area contributed by atoms with Gasteiger partial charge >= 0.3 is 5.97 Å². The van der Waals surface area contributed by atoms with E-state index in [-0.39, 0.29) is 28.5 Å². The molecule has 0 radical (unpaired) electrons. The van der Waals surface area contributed by atoms with Crippen LogP contribution in [0.25, 0.3) is 0 Å². The highest BCUT2D eigenvalue weighted by molar-refractivity contribution is 6.30. The summed E-state index contributed by atoms with van der Waals surface area (Å²) < 4.78 is 31.8. The molecule has 2 rings (SSSR count). The van der Waals surface area contributed by atoms with Crippen LogP contribution in [-0.2, 0) is 6.61 Å². The Morgan fingerprint density at radius 2 is 1.90 bits per heavy atom. The average molecular weight is 299 g/mol. The topological polar surface area (TPSA) is 46.5 Å². The van der Waals surface area contributed by atoms with Gasteiger partial charge in [-0.3, -0.25) is 0 Å². The highest BCUT2D eigenvalue weighted by Gasteiger charge is 2.09. The molecule has 2 aromatic rings. The second-order valence-electron chi connectivity index (χ2n) is 3.98. The molecule has 0 aliphatic heterocycles. The molecule has 0 amide bonds. The Balaban J connectivity index is 2.10. The predicted octanol–water partition coefficient (Wildman–Crippen LogP) is 3.90. The van der Waals surface area contributed by atoms with E-state index in [0.717, 1.165) is 12.1 Å². The number of halogens is 3. The molecule has 20 heavy (non-hydrogen) atoms. The monoisotopic (exact) mass is 298 g/mol. The first-order chi connectivity index (χ1) is 9.47. The van der Waals surface area contributed by atoms with E-state index in [0.29, 0.717) is 0 Å². The third-order valence-electron chi connectivity index (χ3n) is 2.59. The molecule has 0 aliphatic carbocycles. The molecule has 0 bridgehead atoms. The first kappa shape index (κ1) is 14.3. The van der Waals surface area contributed by atoms with Crippen LogP contribution in [0, 0.1) is 11.6 Å². The number of carboxylic acid groups (broad SMARTS) is 1. The quantitative estimate of drug-likeness (QED) is 0.931. The Hall–Kier alpha value is -2.14. The summed E-state index contributed by atoms with van der Waals surface area (Å²) in [5.74, 6) is -2.17. The lowest BCUT2D eigenvalue weighted by atomic mass is 10.1. The fourth-order valence-electron chi connectivity index (χ4n) is 1.53. The fraction of sp³-hybridized carbons (Fsp3) is 0.0714. The zero-order valence-electron chi connectivity index (χ0n) is 10.1. The largest absolute Gasteiger partial charge is 0.489 e. The zero-order valence-corrected chi connectivity index (χ0v) is 10.8. The molecule has 0 aliphatic rings. The fourth-order valence-corrected chi connectivity index (χ4v) is 1.70. The van der Waals surface area contributed by atoms with Crippen molar-refractivity contribution < 1.29 is 23.4 Å². The van der Waals surface area contributed by atoms with Gasteiger partial charge in [-0.1, -0.05) is 17.7 Å². The van der Waals surface area contributed by atoms with E-state index in [1.54, 1.807) is 0 Å². The number of hydrogen-bond donors (Lipinski definition) is 1. The number of carbonyl (C=O) groups is 1. The summed E-state index contributed by atoms with van der Waals surface area (Å²) in [4.78, 5) is 10.7. The minimum Gasteiger partial charge on any atom is -0.489 e. The van der Waals surface area contributed by atoms with E-state index < -0.39 is 17.6 Å². The van der Waals surface area contributed by atoms with Crippen LogP contribution < -0.4 is 4.74 Å². The van der Waals surface area contributed by atoms with Crippen LogP contribution in [0.4, 0.5) is 8.78 Å². The first-order valence-electron chi connectivity index (χ1n) is 5.57. The van der Waals surface area contributed by atoms with E-state index in [1.165, 1.54) is 24.3 Å². The maximum Gasteiger partial charge on any atom is 0.335 e. The number of hydrogen-bond acceptors (Lipinski definition) is 2. The van der Waals surface area contributed by atoms with E-state index in [2.05, 4.69) is 0 Å². The van der Waals surface area contributed by atoms with Gasteiger partial charge in [0.1, 0.15) is 24.0 Å². The molecule has 0 saturated heterocycles. The van der Waals surface area contributed by atoms with Gasteiger partial charge in [0, 0.05) is 11.6 Å². The summed E-state index contributed by atoms with van der Waals surface area (Å²) in [5.41, 5.74) is 0.0477. The number of rotatable bonds is 4. The van der Waals surface area contributed by atoms with Crippen molar-refractivity contribution in [1.82, 2.24) is 0 Å². The number of aromatic carboxylic acids is 1. The predicted molar refractivity (Wildman–Crippen MR) is 69.1 cm³/mol. The van der Waals surface area contributed by atoms with Gasteiger partial charge in [-0.05, 0) is 24.3 Å². The van der Waals surface area contributed by atoms with E-state index in [4.69, 9.17) is 21.4 Å². The lowest BCUT2D eigenvalue weighted by Crippen LogP contribution is -2.02. The maximum atomic E-state index is 13.6. The molecule has 104 valence electrons. The van der Waals surface area contributed by atoms with Crippen molar-refractivity contribution in [3.05, 3.63) is 64.2 Å². The van der Waals surface area contributed by atoms with Gasteiger partial charge in [0.05, 0.1) is 10.6 Å². The lowest BCUT2D eigenvalue weighted by Gasteiger charge is -2.08. The molecular formula is C14H9ClF2O3. The van der Waals surface area contributed by atoms with Crippen LogP contribution in [0.1, 0.15) is 15.9 Å². The third kappa shape index (κ3) is 3.24. The molecule has 0 atom stereocenters. The molecule has 1 N–H and O–H groups in total. The molecule has 0 saturated carbocycles. The first-order valence-corrected chi connectivity index (χ1v) is 5.95. The number of ether oxygens (including phenoxy) is 1. The van der Waals surface area contributed by atoms with E-state index in [9.17, 15) is 13.6 Å². The summed E-state index contributed by atoms with van der Waals surface area (Å²) in [7, 11) is 0. The van der Waals surface area contributed by atoms with Crippen LogP contribution in [0.5, 0.6) is 5.75 Å². The summed E-state index contributed by atoms with van der Waals surface area (Å²) in [6, 6.07) is 7.30. The maximum absolute atomic E-state index is 13.6. The van der Waals surface area contributed by atoms with Gasteiger partial charge in [-0.15, -0.1) is 0 Å². The van der Waals surface area contributed by atoms with Gasteiger partial charge < -0.3 is 9.84 Å². The van der Waals surface area contributed by atoms with Crippen molar-refractivity contribution in [2.75, 3.05) is 0 Å².